The first-order chi connectivity index (χ1) is 9.80. The lowest BCUT2D eigenvalue weighted by molar-refractivity contribution is -0.140. The van der Waals surface area contributed by atoms with Gasteiger partial charge in [0.25, 0.3) is 0 Å². The monoisotopic (exact) mass is 295 g/mol. The minimum atomic E-state index is 0.111. The van der Waals surface area contributed by atoms with Crippen molar-refractivity contribution in [3.63, 3.8) is 0 Å². The van der Waals surface area contributed by atoms with E-state index < -0.39 is 0 Å². The molecule has 2 aliphatic carbocycles. The highest BCUT2D eigenvalue weighted by Crippen LogP contribution is 2.43. The Bertz CT molecular complexity index is 318. The molecule has 0 amide bonds. The Labute approximate surface area is 132 Å². The smallest absolute Gasteiger partial charge is 0.0810 e. The van der Waals surface area contributed by atoms with Crippen LogP contribution in [0.5, 0.6) is 0 Å². The fraction of sp³-hybridized carbons (Fsp3) is 1.00. The van der Waals surface area contributed by atoms with E-state index in [1.54, 1.807) is 0 Å². The molecular weight excluding hydrogens is 258 g/mol. The van der Waals surface area contributed by atoms with Gasteiger partial charge in [0.1, 0.15) is 0 Å². The molecule has 2 unspecified atom stereocenters. The second-order valence-electron chi connectivity index (χ2n) is 8.93. The molecule has 0 saturated heterocycles. The third kappa shape index (κ3) is 5.25. The van der Waals surface area contributed by atoms with Crippen molar-refractivity contribution in [2.75, 3.05) is 6.54 Å². The van der Waals surface area contributed by atoms with E-state index in [1.807, 2.05) is 0 Å². The minimum Gasteiger partial charge on any atom is -0.370 e. The van der Waals surface area contributed by atoms with Crippen LogP contribution in [0.2, 0.25) is 0 Å². The van der Waals surface area contributed by atoms with E-state index in [1.165, 1.54) is 51.4 Å². The summed E-state index contributed by atoms with van der Waals surface area (Å²) in [7, 11) is 0. The van der Waals surface area contributed by atoms with Crippen molar-refractivity contribution < 1.29 is 4.74 Å². The molecule has 2 nitrogen and oxygen atoms in total. The maximum Gasteiger partial charge on any atom is 0.0810 e. The van der Waals surface area contributed by atoms with Gasteiger partial charge in [-0.15, -0.1) is 0 Å². The van der Waals surface area contributed by atoms with Gasteiger partial charge < -0.3 is 10.1 Å². The Hall–Kier alpha value is -0.0800. The van der Waals surface area contributed by atoms with Gasteiger partial charge in [0.05, 0.1) is 11.7 Å². The van der Waals surface area contributed by atoms with Crippen LogP contribution in [0.15, 0.2) is 0 Å². The zero-order chi connectivity index (χ0) is 15.5. The number of ether oxygens (including phenoxy) is 1. The van der Waals surface area contributed by atoms with Crippen LogP contribution < -0.4 is 5.32 Å². The molecule has 0 radical (unpaired) electrons. The highest BCUT2D eigenvalue weighted by Gasteiger charge is 2.39. The van der Waals surface area contributed by atoms with E-state index in [2.05, 4.69) is 39.9 Å². The molecule has 2 rings (SSSR count). The van der Waals surface area contributed by atoms with E-state index in [0.29, 0.717) is 17.6 Å². The van der Waals surface area contributed by atoms with Gasteiger partial charge in [0.15, 0.2) is 0 Å². The first-order valence-corrected chi connectivity index (χ1v) is 9.21. The van der Waals surface area contributed by atoms with Crippen LogP contribution in [0.3, 0.4) is 0 Å². The molecule has 0 spiro atoms. The third-order valence-electron chi connectivity index (χ3n) is 5.36. The molecule has 2 fully saturated rings. The highest BCUT2D eigenvalue weighted by molar-refractivity contribution is 4.91. The highest BCUT2D eigenvalue weighted by atomic mass is 16.5. The Balaban J connectivity index is 2.00. The second-order valence-corrected chi connectivity index (χ2v) is 8.93. The number of rotatable bonds is 5. The van der Waals surface area contributed by atoms with Gasteiger partial charge in [-0.3, -0.25) is 0 Å². The normalized spacial score (nSPS) is 32.3. The predicted octanol–water partition coefficient (Wildman–Crippen LogP) is 4.92. The predicted molar refractivity (Wildman–Crippen MR) is 90.6 cm³/mol. The Morgan fingerprint density at radius 1 is 1.10 bits per heavy atom. The van der Waals surface area contributed by atoms with Crippen molar-refractivity contribution in [3.05, 3.63) is 0 Å². The topological polar surface area (TPSA) is 21.3 Å². The van der Waals surface area contributed by atoms with Crippen molar-refractivity contribution in [2.45, 2.75) is 104 Å². The van der Waals surface area contributed by atoms with Gasteiger partial charge in [-0.2, -0.15) is 0 Å². The first kappa shape index (κ1) is 17.3. The van der Waals surface area contributed by atoms with Crippen molar-refractivity contribution in [1.82, 2.24) is 5.32 Å². The summed E-state index contributed by atoms with van der Waals surface area (Å²) in [6, 6.07) is 0.550. The summed E-state index contributed by atoms with van der Waals surface area (Å²) in [5.74, 6) is 0.803. The summed E-state index contributed by atoms with van der Waals surface area (Å²) < 4.78 is 6.81. The summed E-state index contributed by atoms with van der Waals surface area (Å²) >= 11 is 0. The van der Waals surface area contributed by atoms with E-state index in [0.717, 1.165) is 12.5 Å². The second kappa shape index (κ2) is 7.00. The molecule has 0 aromatic heterocycles. The maximum atomic E-state index is 6.81. The van der Waals surface area contributed by atoms with Crippen LogP contribution in [0.25, 0.3) is 0 Å². The average molecular weight is 296 g/mol. The summed E-state index contributed by atoms with van der Waals surface area (Å²) in [6.07, 6.45) is 10.9. The standard InChI is InChI=1S/C19H37NO/c1-15(2)20-14-19(9-7-6-8-10-19)21-17-11-16(3)12-18(4,5)13-17/h15-17,20H,6-14H2,1-5H3. The summed E-state index contributed by atoms with van der Waals surface area (Å²) in [4.78, 5) is 0. The van der Waals surface area contributed by atoms with Gasteiger partial charge in [0.2, 0.25) is 0 Å². The van der Waals surface area contributed by atoms with E-state index in [-0.39, 0.29) is 5.60 Å². The van der Waals surface area contributed by atoms with Gasteiger partial charge in [0, 0.05) is 12.6 Å². The van der Waals surface area contributed by atoms with Crippen LogP contribution in [-0.2, 0) is 4.74 Å². The van der Waals surface area contributed by atoms with Crippen molar-refractivity contribution >= 4 is 0 Å². The number of nitrogens with one attached hydrogen (secondary N) is 1. The van der Waals surface area contributed by atoms with Crippen LogP contribution in [-0.4, -0.2) is 24.3 Å². The van der Waals surface area contributed by atoms with Crippen molar-refractivity contribution in [1.29, 1.82) is 0 Å². The van der Waals surface area contributed by atoms with Gasteiger partial charge in [-0.1, -0.05) is 53.9 Å². The van der Waals surface area contributed by atoms with Crippen molar-refractivity contribution in [3.8, 4) is 0 Å². The zero-order valence-corrected chi connectivity index (χ0v) is 15.0. The molecule has 0 heterocycles. The van der Waals surface area contributed by atoms with E-state index >= 15 is 0 Å². The first-order valence-electron chi connectivity index (χ1n) is 9.21. The van der Waals surface area contributed by atoms with Gasteiger partial charge >= 0.3 is 0 Å². The van der Waals surface area contributed by atoms with E-state index in [9.17, 15) is 0 Å². The van der Waals surface area contributed by atoms with E-state index in [4.69, 9.17) is 4.74 Å². The lowest BCUT2D eigenvalue weighted by Gasteiger charge is -2.46. The summed E-state index contributed by atoms with van der Waals surface area (Å²) in [5, 5.41) is 3.65. The molecule has 2 atom stereocenters. The lowest BCUT2D eigenvalue weighted by Crippen LogP contribution is -2.50. The van der Waals surface area contributed by atoms with Crippen molar-refractivity contribution in [2.24, 2.45) is 11.3 Å². The van der Waals surface area contributed by atoms with Gasteiger partial charge in [-0.25, -0.2) is 0 Å². The molecule has 1 N–H and O–H groups in total. The zero-order valence-electron chi connectivity index (χ0n) is 15.0. The fourth-order valence-electron chi connectivity index (χ4n) is 4.62. The Morgan fingerprint density at radius 2 is 1.76 bits per heavy atom. The fourth-order valence-corrected chi connectivity index (χ4v) is 4.62. The number of hydrogen-bond donors (Lipinski definition) is 1. The molecule has 2 heteroatoms. The molecule has 124 valence electrons. The molecule has 0 bridgehead atoms. The number of hydrogen-bond acceptors (Lipinski definition) is 2. The molecule has 2 saturated carbocycles. The van der Waals surface area contributed by atoms with Crippen LogP contribution in [0.4, 0.5) is 0 Å². The summed E-state index contributed by atoms with van der Waals surface area (Å²) in [6.45, 7) is 12.7. The van der Waals surface area contributed by atoms with Crippen LogP contribution in [0, 0.1) is 11.3 Å². The molecule has 0 aromatic rings. The SMILES string of the molecule is CC1CC(OC2(CNC(C)C)CCCCC2)CC(C)(C)C1. The molecule has 0 aromatic carbocycles. The Kier molecular flexibility index (Phi) is 5.76. The quantitative estimate of drug-likeness (QED) is 0.777. The Morgan fingerprint density at radius 3 is 2.33 bits per heavy atom. The third-order valence-corrected chi connectivity index (χ3v) is 5.36. The van der Waals surface area contributed by atoms with Crippen LogP contribution in [0.1, 0.15) is 86.0 Å². The minimum absolute atomic E-state index is 0.111. The molecular formula is C19H37NO. The average Bonchev–Trinajstić information content (AvgIpc) is 2.35. The maximum absolute atomic E-state index is 6.81. The van der Waals surface area contributed by atoms with Crippen LogP contribution >= 0.6 is 0 Å². The molecule has 0 aliphatic heterocycles. The van der Waals surface area contributed by atoms with Gasteiger partial charge in [-0.05, 0) is 43.4 Å². The molecule has 2 aliphatic rings. The largest absolute Gasteiger partial charge is 0.370 e. The lowest BCUT2D eigenvalue weighted by atomic mass is 9.71. The molecule has 21 heavy (non-hydrogen) atoms. The summed E-state index contributed by atoms with van der Waals surface area (Å²) in [5.41, 5.74) is 0.560.